The van der Waals surface area contributed by atoms with E-state index in [0.717, 1.165) is 22.0 Å². The Hall–Kier alpha value is -2.72. The van der Waals surface area contributed by atoms with Gasteiger partial charge in [-0.2, -0.15) is 0 Å². The highest BCUT2D eigenvalue weighted by Gasteiger charge is 2.35. The number of Topliss-reactive ketones (excluding diaryl/α,β-unsaturated/α-hetero) is 1. The fraction of sp³-hybridized carbons (Fsp3) is 0.0909. The molecule has 3 aromatic rings. The summed E-state index contributed by atoms with van der Waals surface area (Å²) in [6.45, 7) is 0.395. The van der Waals surface area contributed by atoms with Crippen LogP contribution in [0.4, 0.5) is 5.69 Å². The number of para-hydroxylation sites is 1. The van der Waals surface area contributed by atoms with Crippen LogP contribution in [0.25, 0.3) is 0 Å². The summed E-state index contributed by atoms with van der Waals surface area (Å²) in [6, 6.07) is 23.4. The van der Waals surface area contributed by atoms with Gasteiger partial charge in [0, 0.05) is 4.47 Å². The molecule has 0 unspecified atom stereocenters. The number of carbonyl (C=O) groups is 2. The Labute approximate surface area is 160 Å². The summed E-state index contributed by atoms with van der Waals surface area (Å²) < 4.78 is 1.04. The van der Waals surface area contributed by atoms with Crippen LogP contribution in [-0.2, 0) is 17.8 Å². The van der Waals surface area contributed by atoms with E-state index in [1.165, 1.54) is 5.56 Å². The van der Waals surface area contributed by atoms with E-state index >= 15 is 0 Å². The Bertz CT molecular complexity index is 1010. The van der Waals surface area contributed by atoms with Crippen molar-refractivity contribution in [3.63, 3.8) is 0 Å². The number of halogens is 1. The number of benzene rings is 3. The average molecular weight is 406 g/mol. The molecule has 0 aromatic heterocycles. The fourth-order valence-electron chi connectivity index (χ4n) is 3.33. The monoisotopic (exact) mass is 405 g/mol. The first-order valence-corrected chi connectivity index (χ1v) is 9.19. The Kier molecular flexibility index (Phi) is 4.43. The number of amides is 1. The second-order valence-corrected chi connectivity index (χ2v) is 7.23. The molecule has 0 saturated heterocycles. The van der Waals surface area contributed by atoms with Crippen LogP contribution in [0.3, 0.4) is 0 Å². The zero-order chi connectivity index (χ0) is 18.1. The van der Waals surface area contributed by atoms with Crippen molar-refractivity contribution in [2.75, 3.05) is 4.90 Å². The second kappa shape index (κ2) is 6.89. The summed E-state index contributed by atoms with van der Waals surface area (Å²) in [6.07, 6.45) is 0.771. The van der Waals surface area contributed by atoms with Crippen molar-refractivity contribution in [3.8, 4) is 0 Å². The van der Waals surface area contributed by atoms with Gasteiger partial charge in [-0.1, -0.05) is 64.5 Å². The van der Waals surface area contributed by atoms with Gasteiger partial charge in [-0.15, -0.1) is 0 Å². The van der Waals surface area contributed by atoms with E-state index in [1.54, 1.807) is 17.0 Å². The highest BCUT2D eigenvalue weighted by Crippen LogP contribution is 2.30. The fourth-order valence-corrected chi connectivity index (χ4v) is 3.77. The maximum absolute atomic E-state index is 12.5. The molecular weight excluding hydrogens is 390 g/mol. The lowest BCUT2D eigenvalue weighted by molar-refractivity contribution is -0.114. The lowest BCUT2D eigenvalue weighted by Gasteiger charge is -2.19. The van der Waals surface area contributed by atoms with Crippen LogP contribution >= 0.6 is 15.9 Å². The first-order chi connectivity index (χ1) is 12.6. The maximum atomic E-state index is 12.5. The molecule has 0 radical (unpaired) electrons. The van der Waals surface area contributed by atoms with Crippen LogP contribution in [0.2, 0.25) is 0 Å². The molecule has 1 aliphatic rings. The van der Waals surface area contributed by atoms with Gasteiger partial charge in [0.15, 0.2) is 0 Å². The largest absolute Gasteiger partial charge is 0.300 e. The second-order valence-electron chi connectivity index (χ2n) is 6.31. The van der Waals surface area contributed by atoms with Crippen molar-refractivity contribution in [3.05, 3.63) is 99.5 Å². The molecule has 26 heavy (non-hydrogen) atoms. The number of hydrogen-bond donors (Lipinski definition) is 0. The molecule has 0 saturated carbocycles. The van der Waals surface area contributed by atoms with Crippen molar-refractivity contribution in [2.45, 2.75) is 13.0 Å². The SMILES string of the molecule is O=C1C(=O)N(Cc2ccccc2Cc2cccc(Br)c2)c2ccccc21. The number of nitrogens with zero attached hydrogens (tertiary/aromatic N) is 1. The van der Waals surface area contributed by atoms with Crippen LogP contribution in [0.1, 0.15) is 27.0 Å². The van der Waals surface area contributed by atoms with Gasteiger partial charge in [0.05, 0.1) is 17.8 Å². The first-order valence-electron chi connectivity index (χ1n) is 8.40. The molecule has 0 aliphatic carbocycles. The Morgan fingerprint density at radius 1 is 0.808 bits per heavy atom. The smallest absolute Gasteiger partial charge is 0.299 e. The van der Waals surface area contributed by atoms with Gasteiger partial charge >= 0.3 is 0 Å². The molecule has 0 spiro atoms. The zero-order valence-corrected chi connectivity index (χ0v) is 15.6. The van der Waals surface area contributed by atoms with E-state index in [1.807, 2.05) is 42.5 Å². The normalized spacial score (nSPS) is 13.2. The maximum Gasteiger partial charge on any atom is 0.299 e. The topological polar surface area (TPSA) is 37.4 Å². The van der Waals surface area contributed by atoms with Crippen LogP contribution in [0.5, 0.6) is 0 Å². The standard InChI is InChI=1S/C22H16BrNO2/c23-18-9-5-6-15(13-18)12-16-7-1-2-8-17(16)14-24-20-11-4-3-10-19(20)21(25)22(24)26/h1-11,13H,12,14H2. The molecular formula is C22H16BrNO2. The Balaban J connectivity index is 1.66. The number of rotatable bonds is 4. The molecule has 0 fully saturated rings. The predicted molar refractivity (Wildman–Crippen MR) is 105 cm³/mol. The van der Waals surface area contributed by atoms with Gasteiger partial charge in [-0.25, -0.2) is 0 Å². The molecule has 128 valence electrons. The van der Waals surface area contributed by atoms with E-state index in [2.05, 4.69) is 34.1 Å². The number of ketones is 1. The summed E-state index contributed by atoms with van der Waals surface area (Å²) in [5.74, 6) is -0.881. The van der Waals surface area contributed by atoms with Gasteiger partial charge in [-0.05, 0) is 47.4 Å². The summed E-state index contributed by atoms with van der Waals surface area (Å²) in [5.41, 5.74) is 4.57. The number of hydrogen-bond acceptors (Lipinski definition) is 2. The molecule has 4 rings (SSSR count). The van der Waals surface area contributed by atoms with Gasteiger partial charge < -0.3 is 4.90 Å². The van der Waals surface area contributed by atoms with Crippen molar-refractivity contribution in [1.82, 2.24) is 0 Å². The Morgan fingerprint density at radius 3 is 2.35 bits per heavy atom. The highest BCUT2D eigenvalue weighted by molar-refractivity contribution is 9.10. The molecule has 1 amide bonds. The minimum absolute atomic E-state index is 0.395. The minimum Gasteiger partial charge on any atom is -0.300 e. The van der Waals surface area contributed by atoms with Gasteiger partial charge in [0.2, 0.25) is 0 Å². The summed E-state index contributed by atoms with van der Waals surface area (Å²) >= 11 is 3.51. The van der Waals surface area contributed by atoms with Gasteiger partial charge in [0.1, 0.15) is 0 Å². The summed E-state index contributed by atoms with van der Waals surface area (Å²) in [7, 11) is 0. The zero-order valence-electron chi connectivity index (χ0n) is 14.0. The number of carbonyl (C=O) groups excluding carboxylic acids is 2. The van der Waals surface area contributed by atoms with Crippen molar-refractivity contribution in [2.24, 2.45) is 0 Å². The molecule has 3 nitrogen and oxygen atoms in total. The third-order valence-electron chi connectivity index (χ3n) is 4.61. The lowest BCUT2D eigenvalue weighted by Crippen LogP contribution is -2.29. The minimum atomic E-state index is -0.455. The average Bonchev–Trinajstić information content (AvgIpc) is 2.89. The van der Waals surface area contributed by atoms with Crippen LogP contribution in [-0.4, -0.2) is 11.7 Å². The molecule has 1 aliphatic heterocycles. The summed E-state index contributed by atoms with van der Waals surface area (Å²) in [5, 5.41) is 0. The van der Waals surface area contributed by atoms with Crippen LogP contribution < -0.4 is 4.90 Å². The highest BCUT2D eigenvalue weighted by atomic mass is 79.9. The Morgan fingerprint density at radius 2 is 1.54 bits per heavy atom. The van der Waals surface area contributed by atoms with E-state index in [4.69, 9.17) is 0 Å². The molecule has 1 heterocycles. The van der Waals surface area contributed by atoms with E-state index < -0.39 is 11.7 Å². The molecule has 0 bridgehead atoms. The molecule has 0 N–H and O–H groups in total. The van der Waals surface area contributed by atoms with Gasteiger partial charge in [-0.3, -0.25) is 9.59 Å². The quantitative estimate of drug-likeness (QED) is 0.586. The third-order valence-corrected chi connectivity index (χ3v) is 5.10. The molecule has 3 aromatic carbocycles. The third kappa shape index (κ3) is 3.08. The first kappa shape index (κ1) is 16.7. The van der Waals surface area contributed by atoms with Crippen molar-refractivity contribution in [1.29, 1.82) is 0 Å². The number of fused-ring (bicyclic) bond motifs is 1. The van der Waals surface area contributed by atoms with Crippen molar-refractivity contribution < 1.29 is 9.59 Å². The van der Waals surface area contributed by atoms with Crippen molar-refractivity contribution >= 4 is 33.3 Å². The van der Waals surface area contributed by atoms with E-state index in [9.17, 15) is 9.59 Å². The lowest BCUT2D eigenvalue weighted by atomic mass is 9.99. The van der Waals surface area contributed by atoms with Crippen LogP contribution in [0.15, 0.2) is 77.3 Å². The number of anilines is 1. The predicted octanol–water partition coefficient (Wildman–Crippen LogP) is 4.77. The summed E-state index contributed by atoms with van der Waals surface area (Å²) in [4.78, 5) is 26.2. The van der Waals surface area contributed by atoms with Crippen LogP contribution in [0, 0.1) is 0 Å². The van der Waals surface area contributed by atoms with E-state index in [0.29, 0.717) is 17.8 Å². The van der Waals surface area contributed by atoms with Gasteiger partial charge in [0.25, 0.3) is 11.7 Å². The van der Waals surface area contributed by atoms with E-state index in [-0.39, 0.29) is 0 Å². The molecule has 0 atom stereocenters. The molecule has 4 heteroatoms.